The first-order valence-corrected chi connectivity index (χ1v) is 5.94. The highest BCUT2D eigenvalue weighted by atomic mass is 32.2. The molecule has 70 valence electrons. The lowest BCUT2D eigenvalue weighted by molar-refractivity contribution is -0.121. The first-order valence-electron chi connectivity index (χ1n) is 3.98. The number of carbonyl (C=O) groups excluding carboxylic acids is 1. The van der Waals surface area contributed by atoms with Crippen LogP contribution in [0.5, 0.6) is 0 Å². The number of sulfone groups is 1. The van der Waals surface area contributed by atoms with Crippen LogP contribution in [0.15, 0.2) is 0 Å². The predicted octanol–water partition coefficient (Wildman–Crippen LogP) is 0.0473. The van der Waals surface area contributed by atoms with Gasteiger partial charge >= 0.3 is 0 Å². The van der Waals surface area contributed by atoms with Gasteiger partial charge in [0.25, 0.3) is 0 Å². The first kappa shape index (κ1) is 9.51. The fraction of sp³-hybridized carbons (Fsp3) is 0.857. The molecule has 1 aliphatic heterocycles. The minimum atomic E-state index is -3.11. The van der Waals surface area contributed by atoms with E-state index in [1.807, 2.05) is 0 Å². The van der Waals surface area contributed by atoms with E-state index in [9.17, 15) is 13.2 Å². The highest BCUT2D eigenvalue weighted by Crippen LogP contribution is 2.12. The topological polar surface area (TPSA) is 63.2 Å². The molecule has 4 nitrogen and oxygen atoms in total. The third-order valence-electron chi connectivity index (χ3n) is 1.96. The fourth-order valence-electron chi connectivity index (χ4n) is 1.26. The van der Waals surface area contributed by atoms with E-state index in [0.717, 1.165) is 19.1 Å². The minimum absolute atomic E-state index is 0.150. The molecule has 0 aromatic heterocycles. The Kier molecular flexibility index (Phi) is 2.72. The van der Waals surface area contributed by atoms with E-state index >= 15 is 0 Å². The Hall–Kier alpha value is -0.580. The fourth-order valence-corrected chi connectivity index (χ4v) is 2.20. The van der Waals surface area contributed by atoms with Gasteiger partial charge in [0.15, 0.2) is 9.84 Å². The third kappa shape index (κ3) is 2.48. The molecule has 0 aromatic carbocycles. The molecule has 1 amide bonds. The quantitative estimate of drug-likeness (QED) is 0.637. The molecule has 1 rings (SSSR count). The van der Waals surface area contributed by atoms with E-state index < -0.39 is 15.2 Å². The predicted molar refractivity (Wildman–Crippen MR) is 45.2 cm³/mol. The van der Waals surface area contributed by atoms with Gasteiger partial charge < -0.3 is 5.32 Å². The molecule has 0 aliphatic carbocycles. The average molecular weight is 191 g/mol. The van der Waals surface area contributed by atoms with Crippen molar-refractivity contribution >= 4 is 15.7 Å². The van der Waals surface area contributed by atoms with Crippen LogP contribution in [0.3, 0.4) is 0 Å². The van der Waals surface area contributed by atoms with Crippen molar-refractivity contribution in [3.05, 3.63) is 0 Å². The second-order valence-electron chi connectivity index (χ2n) is 3.13. The van der Waals surface area contributed by atoms with Crippen molar-refractivity contribution in [3.63, 3.8) is 0 Å². The Morgan fingerprint density at radius 2 is 2.08 bits per heavy atom. The smallest absolute Gasteiger partial charge is 0.221 e. The van der Waals surface area contributed by atoms with Crippen molar-refractivity contribution in [2.75, 3.05) is 6.26 Å². The van der Waals surface area contributed by atoms with E-state index in [1.165, 1.54) is 0 Å². The van der Waals surface area contributed by atoms with Crippen LogP contribution in [0.1, 0.15) is 25.7 Å². The molecule has 1 heterocycles. The van der Waals surface area contributed by atoms with Gasteiger partial charge in [-0.3, -0.25) is 4.79 Å². The van der Waals surface area contributed by atoms with Gasteiger partial charge in [0.2, 0.25) is 5.91 Å². The Balaban J connectivity index is 2.71. The summed E-state index contributed by atoms with van der Waals surface area (Å²) in [6.07, 6.45) is 3.74. The maximum absolute atomic E-state index is 11.1. The van der Waals surface area contributed by atoms with Gasteiger partial charge in [0.05, 0.1) is 0 Å². The molecule has 1 fully saturated rings. The Morgan fingerprint density at radius 3 is 2.67 bits per heavy atom. The maximum Gasteiger partial charge on any atom is 0.221 e. The second-order valence-corrected chi connectivity index (χ2v) is 5.36. The molecular formula is C7H13NO3S. The van der Waals surface area contributed by atoms with Crippen LogP contribution >= 0.6 is 0 Å². The lowest BCUT2D eigenvalue weighted by atomic mass is 10.2. The van der Waals surface area contributed by atoms with Crippen molar-refractivity contribution in [1.82, 2.24) is 5.32 Å². The molecule has 1 aliphatic rings. The van der Waals surface area contributed by atoms with Crippen molar-refractivity contribution in [2.24, 2.45) is 0 Å². The molecule has 1 saturated heterocycles. The van der Waals surface area contributed by atoms with Crippen LogP contribution in [-0.2, 0) is 14.6 Å². The monoisotopic (exact) mass is 191 g/mol. The van der Waals surface area contributed by atoms with E-state index in [0.29, 0.717) is 12.8 Å². The van der Waals surface area contributed by atoms with E-state index in [1.54, 1.807) is 0 Å². The van der Waals surface area contributed by atoms with Crippen LogP contribution in [0.4, 0.5) is 0 Å². The van der Waals surface area contributed by atoms with Gasteiger partial charge in [0.1, 0.15) is 5.37 Å². The number of amides is 1. The zero-order chi connectivity index (χ0) is 9.19. The maximum atomic E-state index is 11.1. The Morgan fingerprint density at radius 1 is 1.42 bits per heavy atom. The van der Waals surface area contributed by atoms with E-state index in [4.69, 9.17) is 0 Å². The highest BCUT2D eigenvalue weighted by Gasteiger charge is 2.24. The molecule has 0 aromatic rings. The van der Waals surface area contributed by atoms with Crippen LogP contribution in [0, 0.1) is 0 Å². The Labute approximate surface area is 72.3 Å². The van der Waals surface area contributed by atoms with Gasteiger partial charge in [-0.2, -0.15) is 0 Å². The van der Waals surface area contributed by atoms with Crippen molar-refractivity contribution in [1.29, 1.82) is 0 Å². The summed E-state index contributed by atoms with van der Waals surface area (Å²) in [6.45, 7) is 0. The van der Waals surface area contributed by atoms with Gasteiger partial charge in [-0.15, -0.1) is 0 Å². The van der Waals surface area contributed by atoms with Gasteiger partial charge in [-0.25, -0.2) is 8.42 Å². The summed E-state index contributed by atoms with van der Waals surface area (Å²) in [5, 5.41) is 1.83. The van der Waals surface area contributed by atoms with E-state index in [-0.39, 0.29) is 5.91 Å². The largest absolute Gasteiger partial charge is 0.340 e. The van der Waals surface area contributed by atoms with E-state index in [2.05, 4.69) is 5.32 Å². The normalized spacial score (nSPS) is 26.1. The zero-order valence-corrected chi connectivity index (χ0v) is 7.86. The summed E-state index contributed by atoms with van der Waals surface area (Å²) in [4.78, 5) is 11.0. The minimum Gasteiger partial charge on any atom is -0.340 e. The summed E-state index contributed by atoms with van der Waals surface area (Å²) in [5.41, 5.74) is 0. The van der Waals surface area contributed by atoms with Gasteiger partial charge in [-0.05, 0) is 19.3 Å². The SMILES string of the molecule is CS(=O)(=O)[C@@H]1CCCCC(=O)N1. The first-order chi connectivity index (χ1) is 5.50. The molecule has 12 heavy (non-hydrogen) atoms. The highest BCUT2D eigenvalue weighted by molar-refractivity contribution is 7.91. The molecule has 1 atom stereocenters. The summed E-state index contributed by atoms with van der Waals surface area (Å²) >= 11 is 0. The summed E-state index contributed by atoms with van der Waals surface area (Å²) in [6, 6.07) is 0. The zero-order valence-electron chi connectivity index (χ0n) is 7.04. The number of carbonyl (C=O) groups is 1. The lowest BCUT2D eigenvalue weighted by Crippen LogP contribution is -2.38. The standard InChI is InChI=1S/C7H13NO3S/c1-12(10,11)7-5-3-2-4-6(9)8-7/h7H,2-5H2,1H3,(H,8,9)/t7-/m1/s1. The van der Waals surface area contributed by atoms with Crippen LogP contribution < -0.4 is 5.32 Å². The molecule has 0 radical (unpaired) electrons. The van der Waals surface area contributed by atoms with Gasteiger partial charge in [0, 0.05) is 12.7 Å². The molecule has 5 heteroatoms. The number of nitrogens with one attached hydrogen (secondary N) is 1. The van der Waals surface area contributed by atoms with Crippen LogP contribution in [0.2, 0.25) is 0 Å². The van der Waals surface area contributed by atoms with Crippen molar-refractivity contribution in [2.45, 2.75) is 31.1 Å². The van der Waals surface area contributed by atoms with Crippen molar-refractivity contribution < 1.29 is 13.2 Å². The average Bonchev–Trinajstić information content (AvgIpc) is 2.11. The summed E-state index contributed by atoms with van der Waals surface area (Å²) < 4.78 is 22.1. The summed E-state index contributed by atoms with van der Waals surface area (Å²) in [5.74, 6) is -0.150. The van der Waals surface area contributed by atoms with Crippen molar-refractivity contribution in [3.8, 4) is 0 Å². The molecular weight excluding hydrogens is 178 g/mol. The third-order valence-corrected chi connectivity index (χ3v) is 3.35. The number of hydrogen-bond donors (Lipinski definition) is 1. The molecule has 0 bridgehead atoms. The number of rotatable bonds is 1. The van der Waals surface area contributed by atoms with Gasteiger partial charge in [-0.1, -0.05) is 0 Å². The molecule has 1 N–H and O–H groups in total. The summed E-state index contributed by atoms with van der Waals surface area (Å²) in [7, 11) is -3.11. The molecule has 0 saturated carbocycles. The van der Waals surface area contributed by atoms with Crippen LogP contribution in [0.25, 0.3) is 0 Å². The molecule has 0 unspecified atom stereocenters. The molecule has 0 spiro atoms. The second kappa shape index (κ2) is 3.43. The number of hydrogen-bond acceptors (Lipinski definition) is 3. The van der Waals surface area contributed by atoms with Crippen LogP contribution in [-0.4, -0.2) is 26.0 Å². The Bertz CT molecular complexity index is 270. The lowest BCUT2D eigenvalue weighted by Gasteiger charge is -2.12.